The van der Waals surface area contributed by atoms with E-state index in [1.807, 2.05) is 4.90 Å². The van der Waals surface area contributed by atoms with Crippen LogP contribution in [0.1, 0.15) is 38.5 Å². The number of hydrogen-bond donors (Lipinski definition) is 1. The summed E-state index contributed by atoms with van der Waals surface area (Å²) in [7, 11) is 0. The van der Waals surface area contributed by atoms with E-state index in [1.165, 1.54) is 19.3 Å². The molecule has 2 amide bonds. The number of amides is 2. The SMILES string of the molecule is O=C(Nc1ccc(Br)c(Cl)c1)[C@H]1CC(=O)N(C2CCCCC2)C1. The molecule has 1 aromatic carbocycles. The number of nitrogens with zero attached hydrogens (tertiary/aromatic N) is 1. The minimum atomic E-state index is -0.271. The van der Waals surface area contributed by atoms with Gasteiger partial charge in [0.2, 0.25) is 11.8 Å². The van der Waals surface area contributed by atoms with Gasteiger partial charge in [-0.1, -0.05) is 30.9 Å². The molecule has 0 radical (unpaired) electrons. The summed E-state index contributed by atoms with van der Waals surface area (Å²) in [6, 6.07) is 5.63. The first-order valence-electron chi connectivity index (χ1n) is 8.10. The van der Waals surface area contributed by atoms with Crippen LogP contribution in [0, 0.1) is 5.92 Å². The number of rotatable bonds is 3. The van der Waals surface area contributed by atoms with Crippen LogP contribution in [-0.4, -0.2) is 29.3 Å². The second-order valence-corrected chi connectivity index (χ2v) is 7.62. The fourth-order valence-corrected chi connectivity index (χ4v) is 3.90. The van der Waals surface area contributed by atoms with Gasteiger partial charge in [0, 0.05) is 29.2 Å². The molecule has 1 saturated heterocycles. The number of benzene rings is 1. The van der Waals surface area contributed by atoms with Crippen molar-refractivity contribution in [1.82, 2.24) is 4.90 Å². The maximum absolute atomic E-state index is 12.4. The van der Waals surface area contributed by atoms with Gasteiger partial charge in [-0.2, -0.15) is 0 Å². The second-order valence-electron chi connectivity index (χ2n) is 6.36. The van der Waals surface area contributed by atoms with Gasteiger partial charge in [0.25, 0.3) is 0 Å². The largest absolute Gasteiger partial charge is 0.339 e. The normalized spacial score (nSPS) is 22.4. The van der Waals surface area contributed by atoms with Crippen LogP contribution in [0.4, 0.5) is 5.69 Å². The standard InChI is InChI=1S/C17H20BrClN2O2/c18-14-7-6-12(9-15(14)19)20-17(23)11-8-16(22)21(10-11)13-4-2-1-3-5-13/h6-7,9,11,13H,1-5,8,10H2,(H,20,23)/t11-/m0/s1. The minimum absolute atomic E-state index is 0.102. The zero-order valence-electron chi connectivity index (χ0n) is 12.9. The van der Waals surface area contributed by atoms with Crippen LogP contribution < -0.4 is 5.32 Å². The van der Waals surface area contributed by atoms with Crippen molar-refractivity contribution in [2.75, 3.05) is 11.9 Å². The maximum atomic E-state index is 12.4. The lowest BCUT2D eigenvalue weighted by molar-refractivity contribution is -0.130. The van der Waals surface area contributed by atoms with Crippen molar-refractivity contribution in [3.05, 3.63) is 27.7 Å². The molecule has 2 aliphatic rings. The quantitative estimate of drug-likeness (QED) is 0.827. The van der Waals surface area contributed by atoms with Crippen LogP contribution in [-0.2, 0) is 9.59 Å². The van der Waals surface area contributed by atoms with E-state index in [9.17, 15) is 9.59 Å². The summed E-state index contributed by atoms with van der Waals surface area (Å²) in [5.41, 5.74) is 0.659. The number of carbonyl (C=O) groups excluding carboxylic acids is 2. The van der Waals surface area contributed by atoms with Crippen LogP contribution in [0.3, 0.4) is 0 Å². The molecule has 124 valence electrons. The Kier molecular flexibility index (Phi) is 5.27. The zero-order chi connectivity index (χ0) is 16.4. The van der Waals surface area contributed by atoms with E-state index in [4.69, 9.17) is 11.6 Å². The molecule has 1 N–H and O–H groups in total. The van der Waals surface area contributed by atoms with Crippen molar-refractivity contribution in [2.45, 2.75) is 44.6 Å². The van der Waals surface area contributed by atoms with Gasteiger partial charge < -0.3 is 10.2 Å². The fraction of sp³-hybridized carbons (Fsp3) is 0.529. The van der Waals surface area contributed by atoms with E-state index >= 15 is 0 Å². The lowest BCUT2D eigenvalue weighted by Gasteiger charge is -2.31. The van der Waals surface area contributed by atoms with Crippen LogP contribution in [0.2, 0.25) is 5.02 Å². The molecule has 0 bridgehead atoms. The summed E-state index contributed by atoms with van der Waals surface area (Å²) >= 11 is 9.37. The summed E-state index contributed by atoms with van der Waals surface area (Å²) in [5, 5.41) is 3.42. The van der Waals surface area contributed by atoms with E-state index in [0.29, 0.717) is 29.7 Å². The monoisotopic (exact) mass is 398 g/mol. The average molecular weight is 400 g/mol. The van der Waals surface area contributed by atoms with E-state index in [2.05, 4.69) is 21.2 Å². The van der Waals surface area contributed by atoms with Gasteiger partial charge in [-0.05, 0) is 47.0 Å². The third-order valence-electron chi connectivity index (χ3n) is 4.73. The van der Waals surface area contributed by atoms with Crippen LogP contribution in [0.25, 0.3) is 0 Å². The summed E-state index contributed by atoms with van der Waals surface area (Å²) in [4.78, 5) is 26.6. The molecule has 1 heterocycles. The highest BCUT2D eigenvalue weighted by Crippen LogP contribution is 2.30. The molecular formula is C17H20BrClN2O2. The van der Waals surface area contributed by atoms with Crippen molar-refractivity contribution < 1.29 is 9.59 Å². The highest BCUT2D eigenvalue weighted by molar-refractivity contribution is 9.10. The first kappa shape index (κ1) is 16.8. The highest BCUT2D eigenvalue weighted by Gasteiger charge is 2.38. The van der Waals surface area contributed by atoms with Gasteiger partial charge in [-0.25, -0.2) is 0 Å². The summed E-state index contributed by atoms with van der Waals surface area (Å²) in [6.07, 6.45) is 6.08. The molecule has 2 fully saturated rings. The molecule has 1 aliphatic heterocycles. The lowest BCUT2D eigenvalue weighted by Crippen LogP contribution is -2.38. The Labute approximate surface area is 149 Å². The zero-order valence-corrected chi connectivity index (χ0v) is 15.2. The molecule has 1 atom stereocenters. The molecule has 1 aromatic rings. The van der Waals surface area contributed by atoms with Crippen molar-refractivity contribution in [3.8, 4) is 0 Å². The Balaban J connectivity index is 1.61. The van der Waals surface area contributed by atoms with Crippen molar-refractivity contribution >= 4 is 45.0 Å². The molecule has 0 aromatic heterocycles. The predicted molar refractivity (Wildman–Crippen MR) is 94.5 cm³/mol. The van der Waals surface area contributed by atoms with E-state index in [0.717, 1.165) is 17.3 Å². The van der Waals surface area contributed by atoms with Gasteiger partial charge in [-0.15, -0.1) is 0 Å². The minimum Gasteiger partial charge on any atom is -0.339 e. The average Bonchev–Trinajstić information content (AvgIpc) is 2.94. The maximum Gasteiger partial charge on any atom is 0.229 e. The molecule has 23 heavy (non-hydrogen) atoms. The Morgan fingerprint density at radius 2 is 2.00 bits per heavy atom. The molecule has 0 unspecified atom stereocenters. The third-order valence-corrected chi connectivity index (χ3v) is 5.96. The van der Waals surface area contributed by atoms with E-state index in [1.54, 1.807) is 18.2 Å². The molecule has 6 heteroatoms. The molecular weight excluding hydrogens is 380 g/mol. The molecule has 3 rings (SSSR count). The Bertz CT molecular complexity index is 617. The van der Waals surface area contributed by atoms with Gasteiger partial charge >= 0.3 is 0 Å². The van der Waals surface area contributed by atoms with Crippen molar-refractivity contribution in [3.63, 3.8) is 0 Å². The summed E-state index contributed by atoms with van der Waals surface area (Å²) in [6.45, 7) is 0.541. The third kappa shape index (κ3) is 3.89. The van der Waals surface area contributed by atoms with E-state index in [-0.39, 0.29) is 17.7 Å². The molecule has 0 spiro atoms. The number of carbonyl (C=O) groups is 2. The second kappa shape index (κ2) is 7.22. The number of likely N-dealkylation sites (tertiary alicyclic amines) is 1. The Morgan fingerprint density at radius 3 is 2.70 bits per heavy atom. The Hall–Kier alpha value is -1.07. The number of anilines is 1. The van der Waals surface area contributed by atoms with Crippen molar-refractivity contribution in [2.24, 2.45) is 5.92 Å². The van der Waals surface area contributed by atoms with Crippen molar-refractivity contribution in [1.29, 1.82) is 0 Å². The number of nitrogens with one attached hydrogen (secondary N) is 1. The van der Waals surface area contributed by atoms with Gasteiger partial charge in [-0.3, -0.25) is 9.59 Å². The molecule has 4 nitrogen and oxygen atoms in total. The molecule has 1 saturated carbocycles. The van der Waals surface area contributed by atoms with Gasteiger partial charge in [0.15, 0.2) is 0 Å². The number of hydrogen-bond acceptors (Lipinski definition) is 2. The predicted octanol–water partition coefficient (Wildman–Crippen LogP) is 4.22. The van der Waals surface area contributed by atoms with Gasteiger partial charge in [0.1, 0.15) is 0 Å². The van der Waals surface area contributed by atoms with Gasteiger partial charge in [0.05, 0.1) is 10.9 Å². The lowest BCUT2D eigenvalue weighted by atomic mass is 9.94. The summed E-state index contributed by atoms with van der Waals surface area (Å²) < 4.78 is 0.789. The first-order valence-corrected chi connectivity index (χ1v) is 9.27. The smallest absolute Gasteiger partial charge is 0.229 e. The van der Waals surface area contributed by atoms with E-state index < -0.39 is 0 Å². The first-order chi connectivity index (χ1) is 11.0. The molecule has 1 aliphatic carbocycles. The summed E-state index contributed by atoms with van der Waals surface area (Å²) in [5.74, 6) is -0.257. The Morgan fingerprint density at radius 1 is 1.26 bits per heavy atom. The van der Waals surface area contributed by atoms with Crippen LogP contribution in [0.15, 0.2) is 22.7 Å². The number of halogens is 2. The fourth-order valence-electron chi connectivity index (χ4n) is 3.47. The van der Waals surface area contributed by atoms with Crippen LogP contribution in [0.5, 0.6) is 0 Å². The van der Waals surface area contributed by atoms with Crippen LogP contribution >= 0.6 is 27.5 Å². The highest BCUT2D eigenvalue weighted by atomic mass is 79.9. The topological polar surface area (TPSA) is 49.4 Å².